The molecule has 17 heavy (non-hydrogen) atoms. The highest BCUT2D eigenvalue weighted by Crippen LogP contribution is 2.11. The van der Waals surface area contributed by atoms with E-state index in [-0.39, 0.29) is 5.54 Å². The van der Waals surface area contributed by atoms with E-state index in [1.54, 1.807) is 0 Å². The Balaban J connectivity index is 3.78. The summed E-state index contributed by atoms with van der Waals surface area (Å²) in [6.07, 6.45) is 3.24. The molecule has 0 aromatic carbocycles. The molecule has 0 saturated heterocycles. The van der Waals surface area contributed by atoms with Gasteiger partial charge in [0.25, 0.3) is 0 Å². The summed E-state index contributed by atoms with van der Waals surface area (Å²) in [5.74, 6) is 0.767. The van der Waals surface area contributed by atoms with E-state index in [4.69, 9.17) is 5.26 Å². The minimum Gasteiger partial charge on any atom is -0.306 e. The zero-order valence-corrected chi connectivity index (χ0v) is 12.2. The standard InChI is InChI=1S/C14H29N3/c1-6-16-14(4,12-15)9-7-10-17(5)11-8-13(2)3/h13,16H,6-11H2,1-5H3. The van der Waals surface area contributed by atoms with Crippen molar-refractivity contribution in [2.24, 2.45) is 5.92 Å². The number of nitriles is 1. The van der Waals surface area contributed by atoms with E-state index < -0.39 is 0 Å². The molecule has 0 heterocycles. The Bertz CT molecular complexity index is 232. The summed E-state index contributed by atoms with van der Waals surface area (Å²) in [5.41, 5.74) is -0.354. The molecule has 0 rings (SSSR count). The number of nitrogens with one attached hydrogen (secondary N) is 1. The van der Waals surface area contributed by atoms with Crippen molar-refractivity contribution in [2.45, 2.75) is 52.5 Å². The minimum atomic E-state index is -0.354. The largest absolute Gasteiger partial charge is 0.306 e. The Hall–Kier alpha value is -0.590. The zero-order chi connectivity index (χ0) is 13.3. The van der Waals surface area contributed by atoms with Gasteiger partial charge in [-0.3, -0.25) is 5.32 Å². The molecule has 3 nitrogen and oxygen atoms in total. The normalized spacial score (nSPS) is 14.9. The van der Waals surface area contributed by atoms with Crippen molar-refractivity contribution >= 4 is 0 Å². The number of rotatable bonds is 9. The molecule has 0 aromatic rings. The first-order valence-electron chi connectivity index (χ1n) is 6.78. The summed E-state index contributed by atoms with van der Waals surface area (Å²) in [6, 6.07) is 2.37. The smallest absolute Gasteiger partial charge is 0.103 e. The van der Waals surface area contributed by atoms with Crippen LogP contribution in [-0.2, 0) is 0 Å². The third-order valence-corrected chi connectivity index (χ3v) is 3.12. The predicted octanol–water partition coefficient (Wildman–Crippen LogP) is 2.64. The lowest BCUT2D eigenvalue weighted by Crippen LogP contribution is -2.41. The summed E-state index contributed by atoms with van der Waals surface area (Å²) in [5, 5.41) is 12.4. The van der Waals surface area contributed by atoms with Crippen LogP contribution in [0.15, 0.2) is 0 Å². The van der Waals surface area contributed by atoms with E-state index in [0.29, 0.717) is 0 Å². The average molecular weight is 239 g/mol. The Kier molecular flexibility index (Phi) is 8.20. The van der Waals surface area contributed by atoms with E-state index >= 15 is 0 Å². The maximum absolute atomic E-state index is 9.13. The van der Waals surface area contributed by atoms with Gasteiger partial charge in [0.1, 0.15) is 5.54 Å². The van der Waals surface area contributed by atoms with Crippen molar-refractivity contribution < 1.29 is 0 Å². The Morgan fingerprint density at radius 2 is 2.00 bits per heavy atom. The maximum Gasteiger partial charge on any atom is 0.103 e. The van der Waals surface area contributed by atoms with Gasteiger partial charge in [-0.15, -0.1) is 0 Å². The highest BCUT2D eigenvalue weighted by molar-refractivity contribution is 5.03. The molecule has 1 atom stereocenters. The van der Waals surface area contributed by atoms with E-state index in [1.165, 1.54) is 6.42 Å². The third kappa shape index (κ3) is 8.18. The lowest BCUT2D eigenvalue weighted by atomic mass is 9.97. The van der Waals surface area contributed by atoms with Gasteiger partial charge in [-0.05, 0) is 58.8 Å². The molecule has 1 unspecified atom stereocenters. The second-order valence-corrected chi connectivity index (χ2v) is 5.56. The first-order chi connectivity index (χ1) is 7.93. The van der Waals surface area contributed by atoms with Crippen LogP contribution in [0.3, 0.4) is 0 Å². The number of hydrogen-bond donors (Lipinski definition) is 1. The fourth-order valence-corrected chi connectivity index (χ4v) is 1.87. The highest BCUT2D eigenvalue weighted by Gasteiger charge is 2.21. The molecule has 0 aliphatic rings. The van der Waals surface area contributed by atoms with Crippen molar-refractivity contribution in [3.63, 3.8) is 0 Å². The molecule has 1 N–H and O–H groups in total. The molecule has 0 fully saturated rings. The van der Waals surface area contributed by atoms with Crippen molar-refractivity contribution in [1.82, 2.24) is 10.2 Å². The van der Waals surface area contributed by atoms with Crippen LogP contribution in [-0.4, -0.2) is 37.1 Å². The van der Waals surface area contributed by atoms with Gasteiger partial charge < -0.3 is 4.90 Å². The number of hydrogen-bond acceptors (Lipinski definition) is 3. The van der Waals surface area contributed by atoms with Gasteiger partial charge in [-0.1, -0.05) is 20.8 Å². The second kappa shape index (κ2) is 8.49. The molecule has 0 saturated carbocycles. The molecule has 0 aliphatic heterocycles. The topological polar surface area (TPSA) is 39.1 Å². The molecule has 0 spiro atoms. The molecular weight excluding hydrogens is 210 g/mol. The lowest BCUT2D eigenvalue weighted by molar-refractivity contribution is 0.289. The first kappa shape index (κ1) is 16.4. The van der Waals surface area contributed by atoms with Crippen LogP contribution in [0, 0.1) is 17.2 Å². The maximum atomic E-state index is 9.13. The number of nitrogens with zero attached hydrogens (tertiary/aromatic N) is 2. The van der Waals surface area contributed by atoms with Crippen LogP contribution >= 0.6 is 0 Å². The van der Waals surface area contributed by atoms with Crippen molar-refractivity contribution in [2.75, 3.05) is 26.7 Å². The van der Waals surface area contributed by atoms with Gasteiger partial charge in [0.15, 0.2) is 0 Å². The van der Waals surface area contributed by atoms with Gasteiger partial charge >= 0.3 is 0 Å². The molecule has 0 aromatic heterocycles. The molecule has 0 amide bonds. The lowest BCUT2D eigenvalue weighted by Gasteiger charge is -2.24. The van der Waals surface area contributed by atoms with Gasteiger partial charge in [0.05, 0.1) is 6.07 Å². The van der Waals surface area contributed by atoms with E-state index in [9.17, 15) is 0 Å². The van der Waals surface area contributed by atoms with Crippen LogP contribution in [0.1, 0.15) is 47.0 Å². The van der Waals surface area contributed by atoms with Crippen LogP contribution in [0.2, 0.25) is 0 Å². The van der Waals surface area contributed by atoms with E-state index in [2.05, 4.69) is 37.2 Å². The molecule has 0 aliphatic carbocycles. The summed E-state index contributed by atoms with van der Waals surface area (Å²) in [4.78, 5) is 2.36. The third-order valence-electron chi connectivity index (χ3n) is 3.12. The van der Waals surface area contributed by atoms with Crippen molar-refractivity contribution in [3.05, 3.63) is 0 Å². The van der Waals surface area contributed by atoms with Crippen LogP contribution in [0.4, 0.5) is 0 Å². The Labute approximate surface area is 107 Å². The molecule has 100 valence electrons. The van der Waals surface area contributed by atoms with Crippen LogP contribution in [0.25, 0.3) is 0 Å². The summed E-state index contributed by atoms with van der Waals surface area (Å²) in [6.45, 7) is 11.6. The fourth-order valence-electron chi connectivity index (χ4n) is 1.87. The van der Waals surface area contributed by atoms with Gasteiger partial charge in [-0.25, -0.2) is 0 Å². The van der Waals surface area contributed by atoms with Crippen LogP contribution < -0.4 is 5.32 Å². The monoisotopic (exact) mass is 239 g/mol. The molecule has 0 radical (unpaired) electrons. The van der Waals surface area contributed by atoms with Crippen LogP contribution in [0.5, 0.6) is 0 Å². The quantitative estimate of drug-likeness (QED) is 0.672. The van der Waals surface area contributed by atoms with Gasteiger partial charge in [0.2, 0.25) is 0 Å². The summed E-state index contributed by atoms with van der Waals surface area (Å²) in [7, 11) is 2.17. The first-order valence-corrected chi connectivity index (χ1v) is 6.78. The summed E-state index contributed by atoms with van der Waals surface area (Å²) < 4.78 is 0. The van der Waals surface area contributed by atoms with Gasteiger partial charge in [0, 0.05) is 0 Å². The molecule has 0 bridgehead atoms. The Morgan fingerprint density at radius 3 is 2.47 bits per heavy atom. The van der Waals surface area contributed by atoms with Gasteiger partial charge in [-0.2, -0.15) is 5.26 Å². The predicted molar refractivity (Wildman–Crippen MR) is 73.9 cm³/mol. The second-order valence-electron chi connectivity index (χ2n) is 5.56. The van der Waals surface area contributed by atoms with E-state index in [1.807, 2.05) is 13.8 Å². The zero-order valence-electron chi connectivity index (χ0n) is 12.2. The van der Waals surface area contributed by atoms with Crippen molar-refractivity contribution in [1.29, 1.82) is 5.26 Å². The SMILES string of the molecule is CCNC(C)(C#N)CCCN(C)CCC(C)C. The highest BCUT2D eigenvalue weighted by atomic mass is 15.1. The summed E-state index contributed by atoms with van der Waals surface area (Å²) >= 11 is 0. The van der Waals surface area contributed by atoms with E-state index in [0.717, 1.165) is 38.4 Å². The Morgan fingerprint density at radius 1 is 1.35 bits per heavy atom. The fraction of sp³-hybridized carbons (Fsp3) is 0.929. The molecule has 3 heteroatoms. The molecular formula is C14H29N3. The van der Waals surface area contributed by atoms with Crippen molar-refractivity contribution in [3.8, 4) is 6.07 Å². The minimum absolute atomic E-state index is 0.354. The average Bonchev–Trinajstić information content (AvgIpc) is 2.26.